The highest BCUT2D eigenvalue weighted by atomic mass is 32.1. The van der Waals surface area contributed by atoms with Crippen LogP contribution in [-0.4, -0.2) is 18.1 Å². The lowest BCUT2D eigenvalue weighted by atomic mass is 10.2. The van der Waals surface area contributed by atoms with Gasteiger partial charge in [-0.15, -0.1) is 11.3 Å². The Hall–Kier alpha value is -1.60. The van der Waals surface area contributed by atoms with Gasteiger partial charge >= 0.3 is 6.18 Å². The first kappa shape index (κ1) is 14.8. The maximum absolute atomic E-state index is 12.7. The SMILES string of the molecule is FC(F)(F)c1ccccc1OCCNCc1cscn1. The number of ether oxygens (including phenoxy) is 1. The standard InChI is InChI=1S/C13H13F3N2OS/c14-13(15,16)11-3-1-2-4-12(11)19-6-5-17-7-10-8-20-9-18-10/h1-4,8-9,17H,5-7H2. The fraction of sp³-hybridized carbons (Fsp3) is 0.308. The molecule has 2 rings (SSSR count). The van der Waals surface area contributed by atoms with Gasteiger partial charge in [-0.1, -0.05) is 12.1 Å². The fourth-order valence-corrected chi connectivity index (χ4v) is 2.16. The molecular formula is C13H13F3N2OS. The number of hydrogen-bond donors (Lipinski definition) is 1. The number of para-hydroxylation sites is 1. The van der Waals surface area contributed by atoms with Crippen molar-refractivity contribution in [3.05, 3.63) is 46.4 Å². The number of hydrogen-bond acceptors (Lipinski definition) is 4. The van der Waals surface area contributed by atoms with Crippen LogP contribution in [0.4, 0.5) is 13.2 Å². The molecule has 1 aromatic heterocycles. The van der Waals surface area contributed by atoms with E-state index in [9.17, 15) is 13.2 Å². The van der Waals surface area contributed by atoms with E-state index >= 15 is 0 Å². The highest BCUT2D eigenvalue weighted by Gasteiger charge is 2.33. The topological polar surface area (TPSA) is 34.1 Å². The van der Waals surface area contributed by atoms with Crippen LogP contribution in [-0.2, 0) is 12.7 Å². The van der Waals surface area contributed by atoms with Crippen molar-refractivity contribution in [1.29, 1.82) is 0 Å². The lowest BCUT2D eigenvalue weighted by molar-refractivity contribution is -0.138. The third kappa shape index (κ3) is 4.21. The first-order valence-electron chi connectivity index (χ1n) is 5.94. The minimum atomic E-state index is -4.40. The highest BCUT2D eigenvalue weighted by molar-refractivity contribution is 7.07. The number of aromatic nitrogens is 1. The van der Waals surface area contributed by atoms with Gasteiger partial charge in [-0.25, -0.2) is 4.98 Å². The average molecular weight is 302 g/mol. The van der Waals surface area contributed by atoms with Crippen LogP contribution in [0.15, 0.2) is 35.2 Å². The maximum Gasteiger partial charge on any atom is 0.419 e. The van der Waals surface area contributed by atoms with E-state index < -0.39 is 11.7 Å². The maximum atomic E-state index is 12.7. The number of nitrogens with one attached hydrogen (secondary N) is 1. The predicted molar refractivity (Wildman–Crippen MR) is 70.8 cm³/mol. The fourth-order valence-electron chi connectivity index (χ4n) is 1.60. The van der Waals surface area contributed by atoms with E-state index in [4.69, 9.17) is 4.74 Å². The summed E-state index contributed by atoms with van der Waals surface area (Å²) in [4.78, 5) is 4.08. The van der Waals surface area contributed by atoms with E-state index in [1.807, 2.05) is 5.38 Å². The molecule has 2 aromatic rings. The van der Waals surface area contributed by atoms with Crippen molar-refractivity contribution < 1.29 is 17.9 Å². The van der Waals surface area contributed by atoms with Crippen molar-refractivity contribution in [2.75, 3.05) is 13.2 Å². The monoisotopic (exact) mass is 302 g/mol. The molecule has 108 valence electrons. The molecule has 0 fully saturated rings. The van der Waals surface area contributed by atoms with Gasteiger partial charge in [-0.2, -0.15) is 13.2 Å². The number of thiazole rings is 1. The predicted octanol–water partition coefficient (Wildman–Crippen LogP) is 3.33. The van der Waals surface area contributed by atoms with Crippen LogP contribution in [0.3, 0.4) is 0 Å². The van der Waals surface area contributed by atoms with Gasteiger partial charge in [-0.05, 0) is 12.1 Å². The number of nitrogens with zero attached hydrogens (tertiary/aromatic N) is 1. The van der Waals surface area contributed by atoms with Crippen molar-refractivity contribution in [3.63, 3.8) is 0 Å². The molecule has 1 heterocycles. The smallest absolute Gasteiger partial charge is 0.419 e. The molecule has 0 amide bonds. The molecule has 1 aromatic carbocycles. The molecule has 7 heteroatoms. The Balaban J connectivity index is 1.79. The second-order valence-corrected chi connectivity index (χ2v) is 4.72. The Labute approximate surface area is 118 Å². The first-order chi connectivity index (χ1) is 9.57. The first-order valence-corrected chi connectivity index (χ1v) is 6.88. The van der Waals surface area contributed by atoms with Gasteiger partial charge in [0, 0.05) is 18.5 Å². The van der Waals surface area contributed by atoms with Gasteiger partial charge in [0.05, 0.1) is 16.8 Å². The number of halogens is 3. The normalized spacial score (nSPS) is 11.6. The minimum absolute atomic E-state index is 0.143. The second-order valence-electron chi connectivity index (χ2n) is 4.00. The van der Waals surface area contributed by atoms with E-state index in [2.05, 4.69) is 10.3 Å². The van der Waals surface area contributed by atoms with E-state index in [1.54, 1.807) is 5.51 Å². The average Bonchev–Trinajstić information content (AvgIpc) is 2.91. The van der Waals surface area contributed by atoms with Crippen molar-refractivity contribution in [2.24, 2.45) is 0 Å². The summed E-state index contributed by atoms with van der Waals surface area (Å²) >= 11 is 1.50. The third-order valence-corrected chi connectivity index (χ3v) is 3.15. The van der Waals surface area contributed by atoms with Gasteiger partial charge in [0.1, 0.15) is 12.4 Å². The van der Waals surface area contributed by atoms with Crippen LogP contribution in [0.2, 0.25) is 0 Å². The van der Waals surface area contributed by atoms with Crippen LogP contribution < -0.4 is 10.1 Å². The molecular weight excluding hydrogens is 289 g/mol. The van der Waals surface area contributed by atoms with Crippen molar-refractivity contribution >= 4 is 11.3 Å². The summed E-state index contributed by atoms with van der Waals surface area (Å²) in [6.07, 6.45) is -4.40. The Bertz CT molecular complexity index is 529. The largest absolute Gasteiger partial charge is 0.492 e. The summed E-state index contributed by atoms with van der Waals surface area (Å²) in [5.74, 6) is -0.143. The molecule has 0 radical (unpaired) electrons. The summed E-state index contributed by atoms with van der Waals surface area (Å²) in [6, 6.07) is 5.20. The van der Waals surface area contributed by atoms with E-state index in [-0.39, 0.29) is 12.4 Å². The number of alkyl halides is 3. The number of rotatable bonds is 6. The van der Waals surface area contributed by atoms with Crippen molar-refractivity contribution in [1.82, 2.24) is 10.3 Å². The molecule has 0 unspecified atom stereocenters. The number of benzene rings is 1. The molecule has 0 saturated heterocycles. The molecule has 0 saturated carbocycles. The zero-order valence-electron chi connectivity index (χ0n) is 10.5. The quantitative estimate of drug-likeness (QED) is 0.831. The summed E-state index contributed by atoms with van der Waals surface area (Å²) in [6.45, 7) is 1.19. The van der Waals surface area contributed by atoms with Crippen LogP contribution in [0.25, 0.3) is 0 Å². The zero-order chi connectivity index (χ0) is 14.4. The lowest BCUT2D eigenvalue weighted by Gasteiger charge is -2.13. The lowest BCUT2D eigenvalue weighted by Crippen LogP contribution is -2.21. The Kier molecular flexibility index (Phi) is 4.97. The van der Waals surface area contributed by atoms with Crippen LogP contribution >= 0.6 is 11.3 Å². The molecule has 0 bridgehead atoms. The second kappa shape index (κ2) is 6.71. The molecule has 3 nitrogen and oxygen atoms in total. The highest BCUT2D eigenvalue weighted by Crippen LogP contribution is 2.35. The van der Waals surface area contributed by atoms with Crippen molar-refractivity contribution in [2.45, 2.75) is 12.7 Å². The van der Waals surface area contributed by atoms with Gasteiger partial charge < -0.3 is 10.1 Å². The molecule has 0 aliphatic rings. The van der Waals surface area contributed by atoms with E-state index in [0.717, 1.165) is 11.8 Å². The Morgan fingerprint density at radius 2 is 2.05 bits per heavy atom. The molecule has 1 N–H and O–H groups in total. The van der Waals surface area contributed by atoms with E-state index in [1.165, 1.54) is 29.5 Å². The summed E-state index contributed by atoms with van der Waals surface area (Å²) < 4.78 is 43.3. The van der Waals surface area contributed by atoms with Crippen molar-refractivity contribution in [3.8, 4) is 5.75 Å². The van der Waals surface area contributed by atoms with E-state index in [0.29, 0.717) is 13.1 Å². The molecule has 20 heavy (non-hydrogen) atoms. The molecule has 0 spiro atoms. The summed E-state index contributed by atoms with van der Waals surface area (Å²) in [7, 11) is 0. The zero-order valence-corrected chi connectivity index (χ0v) is 11.3. The van der Waals surface area contributed by atoms with Gasteiger partial charge in [-0.3, -0.25) is 0 Å². The Morgan fingerprint density at radius 1 is 1.25 bits per heavy atom. The summed E-state index contributed by atoms with van der Waals surface area (Å²) in [5, 5.41) is 4.96. The van der Waals surface area contributed by atoms with Crippen LogP contribution in [0, 0.1) is 0 Å². The third-order valence-electron chi connectivity index (χ3n) is 2.52. The molecule has 0 aliphatic heterocycles. The molecule has 0 atom stereocenters. The summed E-state index contributed by atoms with van der Waals surface area (Å²) in [5.41, 5.74) is 1.89. The van der Waals surface area contributed by atoms with Gasteiger partial charge in [0.15, 0.2) is 0 Å². The minimum Gasteiger partial charge on any atom is -0.492 e. The van der Waals surface area contributed by atoms with Crippen LogP contribution in [0.1, 0.15) is 11.3 Å². The van der Waals surface area contributed by atoms with Gasteiger partial charge in [0.2, 0.25) is 0 Å². The molecule has 0 aliphatic carbocycles. The Morgan fingerprint density at radius 3 is 2.75 bits per heavy atom. The van der Waals surface area contributed by atoms with Gasteiger partial charge in [0.25, 0.3) is 0 Å². The van der Waals surface area contributed by atoms with Crippen LogP contribution in [0.5, 0.6) is 5.75 Å².